The third kappa shape index (κ3) is 8.26. The van der Waals surface area contributed by atoms with Crippen LogP contribution < -0.4 is 20.8 Å². The first-order chi connectivity index (χ1) is 28.3. The smallest absolute Gasteiger partial charge is 0.302 e. The topological polar surface area (TPSA) is 212 Å². The first-order valence-corrected chi connectivity index (χ1v) is 20.9. The van der Waals surface area contributed by atoms with Crippen molar-refractivity contribution < 1.29 is 54.1 Å². The van der Waals surface area contributed by atoms with Gasteiger partial charge in [-0.05, 0) is 46.2 Å². The molecular weight excluding hydrogens is 773 g/mol. The number of aromatic hydroxyl groups is 2. The number of esters is 1. The fraction of sp³-hybridized carbons (Fsp3) is 0.600. The predicted molar refractivity (Wildman–Crippen MR) is 224 cm³/mol. The fourth-order valence-corrected chi connectivity index (χ4v) is 9.35. The zero-order valence-corrected chi connectivity index (χ0v) is 36.3. The Morgan fingerprint density at radius 1 is 0.933 bits per heavy atom. The molecule has 1 saturated heterocycles. The van der Waals surface area contributed by atoms with Crippen molar-refractivity contribution in [3.05, 3.63) is 58.0 Å². The van der Waals surface area contributed by atoms with E-state index < -0.39 is 77.6 Å². The van der Waals surface area contributed by atoms with E-state index in [4.69, 9.17) is 28.9 Å². The van der Waals surface area contributed by atoms with E-state index in [0.717, 1.165) is 19.3 Å². The normalized spacial score (nSPS) is 36.1. The van der Waals surface area contributed by atoms with E-state index in [-0.39, 0.29) is 67.5 Å². The molecule has 2 aromatic carbocycles. The van der Waals surface area contributed by atoms with Gasteiger partial charge in [-0.2, -0.15) is 0 Å². The van der Waals surface area contributed by atoms with Gasteiger partial charge in [0.25, 0.3) is 11.7 Å². The molecule has 12 atom stereocenters. The highest BCUT2D eigenvalue weighted by atomic mass is 16.7. The summed E-state index contributed by atoms with van der Waals surface area (Å²) in [7, 11) is 3.56. The van der Waals surface area contributed by atoms with Crippen molar-refractivity contribution in [2.45, 2.75) is 123 Å². The van der Waals surface area contributed by atoms with Crippen molar-refractivity contribution >= 4 is 28.3 Å². The van der Waals surface area contributed by atoms with Gasteiger partial charge in [-0.1, -0.05) is 45.9 Å². The van der Waals surface area contributed by atoms with Gasteiger partial charge in [-0.25, -0.2) is 0 Å². The summed E-state index contributed by atoms with van der Waals surface area (Å²) in [6, 6.07) is 0.397. The predicted octanol–water partition coefficient (Wildman–Crippen LogP) is 4.00. The van der Waals surface area contributed by atoms with E-state index in [1.54, 1.807) is 65.8 Å². The lowest BCUT2D eigenvalue weighted by molar-refractivity contribution is -0.181. The number of benzene rings is 2. The van der Waals surface area contributed by atoms with Gasteiger partial charge in [0.05, 0.1) is 41.9 Å². The van der Waals surface area contributed by atoms with E-state index in [9.17, 15) is 35.1 Å². The van der Waals surface area contributed by atoms with Crippen molar-refractivity contribution in [1.82, 2.24) is 4.90 Å². The number of likely N-dealkylation sites (N-methyl/N-ethyl adjacent to an activating group) is 1. The summed E-state index contributed by atoms with van der Waals surface area (Å²) in [4.78, 5) is 38.7. The number of methoxy groups -OCH3 is 1. The van der Waals surface area contributed by atoms with Gasteiger partial charge in [0, 0.05) is 85.3 Å². The number of nitrogens with one attached hydrogen (secondary N) is 1. The zero-order chi connectivity index (χ0) is 44.0. The molecule has 1 amide bonds. The Bertz CT molecular complexity index is 2210. The maximum atomic E-state index is 13.9. The summed E-state index contributed by atoms with van der Waals surface area (Å²) in [5.74, 6) is -5.84. The van der Waals surface area contributed by atoms with Crippen LogP contribution in [0.3, 0.4) is 0 Å². The Labute approximate surface area is 351 Å². The van der Waals surface area contributed by atoms with Crippen LogP contribution in [0.15, 0.2) is 46.1 Å². The van der Waals surface area contributed by atoms with Gasteiger partial charge in [0.15, 0.2) is 11.9 Å². The first kappa shape index (κ1) is 45.0. The number of phenols is 2. The highest BCUT2D eigenvalue weighted by Crippen LogP contribution is 2.53. The average molecular weight is 835 g/mol. The number of nitrogens with zero attached hydrogens (tertiary/aromatic N) is 3. The summed E-state index contributed by atoms with van der Waals surface area (Å²) in [6.45, 7) is 13.8. The van der Waals surface area contributed by atoms with Crippen molar-refractivity contribution in [2.75, 3.05) is 32.6 Å². The van der Waals surface area contributed by atoms with Crippen LogP contribution in [0.4, 0.5) is 5.69 Å². The molecule has 4 aliphatic rings. The number of hydrogen-bond donors (Lipinski definition) is 6. The first-order valence-electron chi connectivity index (χ1n) is 20.9. The second kappa shape index (κ2) is 17.8. The monoisotopic (exact) mass is 834 g/mol. The molecule has 328 valence electrons. The number of phenolic OH excluding ortho intramolecular Hbond substituents is 2. The molecule has 6 N–H and O–H groups in total. The van der Waals surface area contributed by atoms with Crippen LogP contribution in [-0.2, 0) is 23.8 Å². The van der Waals surface area contributed by atoms with Gasteiger partial charge in [-0.15, -0.1) is 0 Å². The number of rotatable bonds is 2. The SMILES string of the molecule is CO[C@H]1/C=C/O[C@@]2(C)Oc3c(C)c(O)c4c(O)c(c5c(c4c3C2O)=NC[C@@H]2CC[C@H](CCN=5)N2C)NC(=O)/C(C)=C\C=C\[C@H](C)[C@H](O)[C@@H](C)[C@@H](O)[C@@H](C)[C@H](OC(C)=O)[C@@H]1C. The van der Waals surface area contributed by atoms with Gasteiger partial charge < -0.3 is 49.8 Å². The van der Waals surface area contributed by atoms with Gasteiger partial charge >= 0.3 is 5.97 Å². The molecular formula is C45H62N4O11. The lowest BCUT2D eigenvalue weighted by Crippen LogP contribution is -2.46. The van der Waals surface area contributed by atoms with Crippen molar-refractivity contribution in [1.29, 1.82) is 0 Å². The van der Waals surface area contributed by atoms with Crippen molar-refractivity contribution in [3.8, 4) is 17.2 Å². The van der Waals surface area contributed by atoms with Crippen LogP contribution in [0, 0.1) is 30.6 Å². The number of carbonyl (C=O) groups excluding carboxylic acids is 2. The molecule has 0 aromatic heterocycles. The number of anilines is 1. The van der Waals surface area contributed by atoms with Crippen molar-refractivity contribution in [2.24, 2.45) is 33.7 Å². The third-order valence-corrected chi connectivity index (χ3v) is 13.3. The number of hydrogen-bond acceptors (Lipinski definition) is 14. The molecule has 0 spiro atoms. The second-order valence-electron chi connectivity index (χ2n) is 17.3. The molecule has 15 nitrogen and oxygen atoms in total. The van der Waals surface area contributed by atoms with Crippen LogP contribution in [0.25, 0.3) is 10.8 Å². The lowest BCUT2D eigenvalue weighted by Gasteiger charge is -2.38. The lowest BCUT2D eigenvalue weighted by atomic mass is 9.78. The molecule has 2 aromatic rings. The minimum absolute atomic E-state index is 0.0313. The van der Waals surface area contributed by atoms with Crippen molar-refractivity contribution in [3.63, 3.8) is 0 Å². The summed E-state index contributed by atoms with van der Waals surface area (Å²) in [5.41, 5.74) is 0.674. The maximum Gasteiger partial charge on any atom is 0.302 e. The number of fused-ring (bicyclic) bond motifs is 3. The van der Waals surface area contributed by atoms with E-state index >= 15 is 0 Å². The second-order valence-corrected chi connectivity index (χ2v) is 17.3. The van der Waals surface area contributed by atoms with E-state index in [0.29, 0.717) is 13.1 Å². The Hall–Kier alpha value is -4.54. The minimum Gasteiger partial charge on any atom is -0.507 e. The molecule has 60 heavy (non-hydrogen) atoms. The molecule has 15 heteroatoms. The van der Waals surface area contributed by atoms with Crippen LogP contribution in [-0.4, -0.2) is 112 Å². The number of aliphatic hydroxyl groups excluding tert-OH is 3. The Morgan fingerprint density at radius 3 is 2.32 bits per heavy atom. The summed E-state index contributed by atoms with van der Waals surface area (Å²) >= 11 is 0. The molecule has 1 unspecified atom stereocenters. The number of carbonyl (C=O) groups is 2. The Balaban J connectivity index is 1.57. The van der Waals surface area contributed by atoms with Gasteiger partial charge in [0.2, 0.25) is 0 Å². The third-order valence-electron chi connectivity index (χ3n) is 13.3. The van der Waals surface area contributed by atoms with E-state index in [1.165, 1.54) is 20.3 Å². The van der Waals surface area contributed by atoms with Gasteiger partial charge in [-0.3, -0.25) is 24.5 Å². The standard InChI is InChI=1S/C45H62N4O11/c1-21-12-11-13-22(2)44(56)48-36-35-34(47-20-29-15-14-28(49(29)9)16-18-46-35)31-32(40(36)54)39(53)26(6)42-33(31)43(55)45(8,60-42)58-19-17-30(57-10)23(3)41(59-27(7)50)25(5)38(52)24(4)37(21)51/h11-13,17,19,21,23-25,28-30,37-38,41,43,51-55H,14-16,18,20H2,1-10H3,(H,48,56)/b12-11+,19-17+,22-13-,46-35?,47-34?/t21-,23+,24+,25+,28+,29-,30-,37-,38+,41+,43?,45-/m0/s1. The van der Waals surface area contributed by atoms with Crippen LogP contribution in [0.1, 0.15) is 85.0 Å². The number of allylic oxidation sites excluding steroid dienone is 2. The molecule has 4 aliphatic heterocycles. The number of ether oxygens (including phenoxy) is 4. The molecule has 6 rings (SSSR count). The quantitative estimate of drug-likeness (QED) is 0.187. The largest absolute Gasteiger partial charge is 0.507 e. The molecule has 0 saturated carbocycles. The highest BCUT2D eigenvalue weighted by Gasteiger charge is 2.49. The highest BCUT2D eigenvalue weighted by molar-refractivity contribution is 6.08. The summed E-state index contributed by atoms with van der Waals surface area (Å²) in [5, 5.41) is 62.8. The zero-order valence-electron chi connectivity index (χ0n) is 36.3. The van der Waals surface area contributed by atoms with E-state index in [2.05, 4.69) is 17.3 Å². The molecule has 0 radical (unpaired) electrons. The van der Waals surface area contributed by atoms with Crippen LogP contribution in [0.2, 0.25) is 0 Å². The number of aliphatic hydroxyl groups is 3. The average Bonchev–Trinajstić information content (AvgIpc) is 3.68. The van der Waals surface area contributed by atoms with Crippen LogP contribution in [0.5, 0.6) is 17.2 Å². The minimum atomic E-state index is -1.77. The Kier molecular flexibility index (Phi) is 13.4. The maximum absolute atomic E-state index is 13.9. The number of amides is 1. The van der Waals surface area contributed by atoms with Crippen LogP contribution >= 0.6 is 0 Å². The molecule has 6 bridgehead atoms. The fourth-order valence-electron chi connectivity index (χ4n) is 9.35. The molecule has 0 aliphatic carbocycles. The summed E-state index contributed by atoms with van der Waals surface area (Å²) in [6.07, 6.45) is 5.28. The van der Waals surface area contributed by atoms with E-state index in [1.807, 2.05) is 6.92 Å². The molecule has 1 fully saturated rings. The van der Waals surface area contributed by atoms with Gasteiger partial charge in [0.1, 0.15) is 28.6 Å². The Morgan fingerprint density at radius 2 is 1.63 bits per heavy atom. The summed E-state index contributed by atoms with van der Waals surface area (Å²) < 4.78 is 24.2. The molecule has 4 heterocycles.